The van der Waals surface area contributed by atoms with Crippen LogP contribution in [0.15, 0.2) is 42.6 Å². The van der Waals surface area contributed by atoms with Crippen LogP contribution in [-0.2, 0) is 4.79 Å². The van der Waals surface area contributed by atoms with E-state index < -0.39 is 6.04 Å². The topological polar surface area (TPSA) is 49.0 Å². The maximum Gasteiger partial charge on any atom is 0.228 e. The molecule has 0 N–H and O–H groups in total. The van der Waals surface area contributed by atoms with Crippen LogP contribution < -0.4 is 4.90 Å². The number of amides is 1. The number of benzene rings is 1. The van der Waals surface area contributed by atoms with Crippen molar-refractivity contribution in [3.63, 3.8) is 0 Å². The van der Waals surface area contributed by atoms with E-state index in [2.05, 4.69) is 6.07 Å². The Kier molecular flexibility index (Phi) is 3.68. The number of nitrogens with zero attached hydrogens (tertiary/aromatic N) is 3. The molecule has 1 aromatic carbocycles. The summed E-state index contributed by atoms with van der Waals surface area (Å²) in [5, 5.41) is 9.54. The number of hydrogen-bond donors (Lipinski definition) is 0. The molecule has 3 rings (SSSR count). The van der Waals surface area contributed by atoms with Gasteiger partial charge in [-0.05, 0) is 30.7 Å². The average Bonchev–Trinajstić information content (AvgIpc) is 3.00. The van der Waals surface area contributed by atoms with Crippen molar-refractivity contribution < 1.29 is 4.79 Å². The normalized spacial score (nSPS) is 16.0. The van der Waals surface area contributed by atoms with Crippen LogP contribution in [0.2, 0.25) is 0 Å². The Bertz CT molecular complexity index is 716. The minimum Gasteiger partial charge on any atom is -0.316 e. The van der Waals surface area contributed by atoms with E-state index in [9.17, 15) is 10.1 Å². The van der Waals surface area contributed by atoms with Gasteiger partial charge in [-0.25, -0.2) is 0 Å². The molecule has 2 heterocycles. The second-order valence-electron chi connectivity index (χ2n) is 4.88. The SMILES string of the molecule is N#CC1c2cccn2-c2ccccc2N1C(=O)CCCCl. The van der Waals surface area contributed by atoms with Gasteiger partial charge in [0.2, 0.25) is 5.91 Å². The summed E-state index contributed by atoms with van der Waals surface area (Å²) in [6.07, 6.45) is 2.87. The van der Waals surface area contributed by atoms with Gasteiger partial charge in [0.05, 0.1) is 23.1 Å². The molecule has 106 valence electrons. The Morgan fingerprint density at radius 1 is 1.24 bits per heavy atom. The molecule has 0 saturated carbocycles. The first-order chi connectivity index (χ1) is 10.3. The van der Waals surface area contributed by atoms with Crippen LogP contribution in [0.4, 0.5) is 5.69 Å². The van der Waals surface area contributed by atoms with Gasteiger partial charge in [-0.15, -0.1) is 11.6 Å². The number of hydrogen-bond acceptors (Lipinski definition) is 2. The third kappa shape index (κ3) is 2.20. The molecule has 1 aromatic heterocycles. The Morgan fingerprint density at radius 2 is 2.00 bits per heavy atom. The third-order valence-electron chi connectivity index (χ3n) is 3.63. The summed E-state index contributed by atoms with van der Waals surface area (Å²) in [5.41, 5.74) is 2.51. The number of carbonyl (C=O) groups excluding carboxylic acids is 1. The van der Waals surface area contributed by atoms with E-state index >= 15 is 0 Å². The van der Waals surface area contributed by atoms with Gasteiger partial charge in [0.1, 0.15) is 0 Å². The van der Waals surface area contributed by atoms with Crippen molar-refractivity contribution in [2.75, 3.05) is 10.8 Å². The van der Waals surface area contributed by atoms with Gasteiger partial charge in [-0.1, -0.05) is 12.1 Å². The number of nitriles is 1. The molecule has 2 aromatic rings. The van der Waals surface area contributed by atoms with Crippen molar-refractivity contribution in [3.05, 3.63) is 48.3 Å². The second-order valence-corrected chi connectivity index (χ2v) is 5.26. The zero-order valence-corrected chi connectivity index (χ0v) is 12.1. The fourth-order valence-corrected chi connectivity index (χ4v) is 2.85. The van der Waals surface area contributed by atoms with E-state index in [0.717, 1.165) is 17.1 Å². The van der Waals surface area contributed by atoms with Crippen LogP contribution in [-0.4, -0.2) is 16.4 Å². The standard InChI is InChI=1S/C16H14ClN3O/c17-9-3-8-16(21)20-14-6-2-1-5-12(14)19-10-4-7-13(19)15(20)11-18/h1-2,4-7,10,15H,3,8-9H2. The van der Waals surface area contributed by atoms with Crippen molar-refractivity contribution in [1.82, 2.24) is 4.57 Å². The van der Waals surface area contributed by atoms with Crippen molar-refractivity contribution in [3.8, 4) is 11.8 Å². The Labute approximate surface area is 128 Å². The monoisotopic (exact) mass is 299 g/mol. The van der Waals surface area contributed by atoms with Gasteiger partial charge in [0.25, 0.3) is 0 Å². The summed E-state index contributed by atoms with van der Waals surface area (Å²) in [6.45, 7) is 0. The number of carbonyl (C=O) groups is 1. The second kappa shape index (κ2) is 5.63. The average molecular weight is 300 g/mol. The first kappa shape index (κ1) is 13.7. The van der Waals surface area contributed by atoms with Gasteiger partial charge in [-0.2, -0.15) is 5.26 Å². The summed E-state index contributed by atoms with van der Waals surface area (Å²) in [5.74, 6) is 0.372. The first-order valence-electron chi connectivity index (χ1n) is 6.82. The predicted octanol–water partition coefficient (Wildman–Crippen LogP) is 3.41. The third-order valence-corrected chi connectivity index (χ3v) is 3.90. The maximum absolute atomic E-state index is 12.5. The molecular weight excluding hydrogens is 286 g/mol. The van der Waals surface area contributed by atoms with Crippen molar-refractivity contribution in [2.45, 2.75) is 18.9 Å². The van der Waals surface area contributed by atoms with Gasteiger partial charge in [0, 0.05) is 18.5 Å². The molecule has 1 aliphatic heterocycles. The minimum atomic E-state index is -0.599. The molecule has 0 radical (unpaired) electrons. The molecule has 1 unspecified atom stereocenters. The quantitative estimate of drug-likeness (QED) is 0.816. The molecule has 0 saturated heterocycles. The summed E-state index contributed by atoms with van der Waals surface area (Å²) in [7, 11) is 0. The minimum absolute atomic E-state index is 0.0675. The number of rotatable bonds is 3. The van der Waals surface area contributed by atoms with Crippen LogP contribution in [0.3, 0.4) is 0 Å². The molecule has 4 nitrogen and oxygen atoms in total. The zero-order chi connectivity index (χ0) is 14.8. The number of anilines is 1. The van der Waals surface area contributed by atoms with E-state index in [4.69, 9.17) is 11.6 Å². The van der Waals surface area contributed by atoms with Gasteiger partial charge in [-0.3, -0.25) is 9.69 Å². The molecule has 0 fully saturated rings. The highest BCUT2D eigenvalue weighted by Crippen LogP contribution is 2.38. The summed E-state index contributed by atoms with van der Waals surface area (Å²) < 4.78 is 1.97. The lowest BCUT2D eigenvalue weighted by atomic mass is 10.1. The molecule has 1 atom stereocenters. The molecule has 5 heteroatoms. The lowest BCUT2D eigenvalue weighted by molar-refractivity contribution is -0.119. The van der Waals surface area contributed by atoms with E-state index in [-0.39, 0.29) is 5.91 Å². The van der Waals surface area contributed by atoms with Crippen molar-refractivity contribution in [2.24, 2.45) is 0 Å². The molecule has 0 spiro atoms. The molecule has 0 aliphatic carbocycles. The van der Waals surface area contributed by atoms with Crippen LogP contribution in [0.5, 0.6) is 0 Å². The van der Waals surface area contributed by atoms with Gasteiger partial charge in [0.15, 0.2) is 6.04 Å². The summed E-state index contributed by atoms with van der Waals surface area (Å²) >= 11 is 5.68. The van der Waals surface area contributed by atoms with Crippen LogP contribution in [0.1, 0.15) is 24.6 Å². The Balaban J connectivity index is 2.11. The lowest BCUT2D eigenvalue weighted by Crippen LogP contribution is -2.38. The first-order valence-corrected chi connectivity index (χ1v) is 7.35. The van der Waals surface area contributed by atoms with Crippen LogP contribution in [0.25, 0.3) is 5.69 Å². The molecular formula is C16H14ClN3O. The van der Waals surface area contributed by atoms with E-state index in [0.29, 0.717) is 18.7 Å². The van der Waals surface area contributed by atoms with Crippen molar-refractivity contribution >= 4 is 23.2 Å². The number of alkyl halides is 1. The smallest absolute Gasteiger partial charge is 0.228 e. The predicted molar refractivity (Wildman–Crippen MR) is 81.6 cm³/mol. The highest BCUT2D eigenvalue weighted by Gasteiger charge is 2.34. The fraction of sp³-hybridized carbons (Fsp3) is 0.250. The molecule has 0 bridgehead atoms. The van der Waals surface area contributed by atoms with E-state index in [1.807, 2.05) is 47.2 Å². The highest BCUT2D eigenvalue weighted by atomic mass is 35.5. The molecule has 21 heavy (non-hydrogen) atoms. The number of para-hydroxylation sites is 2. The van der Waals surface area contributed by atoms with Crippen LogP contribution >= 0.6 is 11.6 Å². The number of aromatic nitrogens is 1. The number of fused-ring (bicyclic) bond motifs is 3. The van der Waals surface area contributed by atoms with Gasteiger partial charge < -0.3 is 4.57 Å². The Hall–Kier alpha value is -2.25. The number of halogens is 1. The van der Waals surface area contributed by atoms with Gasteiger partial charge >= 0.3 is 0 Å². The van der Waals surface area contributed by atoms with E-state index in [1.54, 1.807) is 4.90 Å². The fourth-order valence-electron chi connectivity index (χ4n) is 2.72. The van der Waals surface area contributed by atoms with Crippen LogP contribution in [0, 0.1) is 11.3 Å². The van der Waals surface area contributed by atoms with E-state index in [1.165, 1.54) is 0 Å². The van der Waals surface area contributed by atoms with Crippen molar-refractivity contribution in [1.29, 1.82) is 5.26 Å². The molecule has 1 aliphatic rings. The largest absolute Gasteiger partial charge is 0.316 e. The lowest BCUT2D eigenvalue weighted by Gasteiger charge is -2.34. The Morgan fingerprint density at radius 3 is 2.71 bits per heavy atom. The summed E-state index contributed by atoms with van der Waals surface area (Å²) in [4.78, 5) is 14.1. The summed E-state index contributed by atoms with van der Waals surface area (Å²) in [6, 6.07) is 13.1. The molecule has 1 amide bonds. The highest BCUT2D eigenvalue weighted by molar-refractivity contribution is 6.18. The maximum atomic E-state index is 12.5. The zero-order valence-electron chi connectivity index (χ0n) is 11.4.